The molecular weight excluding hydrogens is 368 g/mol. The van der Waals surface area contributed by atoms with E-state index in [0.29, 0.717) is 29.3 Å². The zero-order valence-electron chi connectivity index (χ0n) is 12.5. The second-order valence-corrected chi connectivity index (χ2v) is 7.18. The lowest BCUT2D eigenvalue weighted by atomic mass is 10.1. The van der Waals surface area contributed by atoms with E-state index in [-0.39, 0.29) is 24.5 Å². The van der Waals surface area contributed by atoms with Gasteiger partial charge in [-0.15, -0.1) is 0 Å². The predicted octanol–water partition coefficient (Wildman–Crippen LogP) is 1.59. The van der Waals surface area contributed by atoms with Gasteiger partial charge in [0.1, 0.15) is 37.1 Å². The highest BCUT2D eigenvalue weighted by Crippen LogP contribution is 2.50. The third-order valence-electron chi connectivity index (χ3n) is 4.47. The van der Waals surface area contributed by atoms with E-state index in [4.69, 9.17) is 24.7 Å². The summed E-state index contributed by atoms with van der Waals surface area (Å²) in [7, 11) is 0. The summed E-state index contributed by atoms with van der Waals surface area (Å²) in [6.07, 6.45) is 0.470. The number of nitrogens with two attached hydrogens (primary N) is 1. The first-order valence-corrected chi connectivity index (χ1v) is 8.19. The Hall–Kier alpha value is -1.42. The lowest BCUT2D eigenvalue weighted by Crippen LogP contribution is -2.34. The molecule has 0 radical (unpaired) electrons. The van der Waals surface area contributed by atoms with Gasteiger partial charge in [0.15, 0.2) is 17.7 Å². The molecule has 0 aliphatic carbocycles. The Kier molecular flexibility index (Phi) is 2.64. The van der Waals surface area contributed by atoms with Crippen LogP contribution >= 0.6 is 15.9 Å². The van der Waals surface area contributed by atoms with Gasteiger partial charge in [-0.05, 0) is 29.8 Å². The minimum Gasteiger partial charge on any atom is -0.475 e. The van der Waals surface area contributed by atoms with E-state index in [2.05, 4.69) is 25.9 Å². The molecule has 8 nitrogen and oxygen atoms in total. The lowest BCUT2D eigenvalue weighted by molar-refractivity contribution is -0.195. The van der Waals surface area contributed by atoms with E-state index >= 15 is 0 Å². The van der Waals surface area contributed by atoms with Crippen molar-refractivity contribution in [1.29, 1.82) is 0 Å². The van der Waals surface area contributed by atoms with E-state index in [9.17, 15) is 0 Å². The molecule has 3 aliphatic rings. The quantitative estimate of drug-likeness (QED) is 0.738. The minimum absolute atomic E-state index is 0.168. The van der Waals surface area contributed by atoms with Crippen LogP contribution in [-0.4, -0.2) is 45.2 Å². The number of anilines is 1. The predicted molar refractivity (Wildman–Crippen MR) is 82.9 cm³/mol. The normalized spacial score (nSPS) is 34.0. The first-order valence-electron chi connectivity index (χ1n) is 7.40. The standard InChI is InChI=1S/C14H15BrN4O4/c1-14(2)22-8-5-3-20-12-7(15)6-10(16)17-4-18-11(6)19(12)13(21-5)9(8)23-14/h4-5,8-9,13H,3H2,1-2H3,(H2,16,17,18). The van der Waals surface area contributed by atoms with Crippen LogP contribution in [0.2, 0.25) is 0 Å². The summed E-state index contributed by atoms with van der Waals surface area (Å²) in [5.41, 5.74) is 6.66. The largest absolute Gasteiger partial charge is 0.475 e. The smallest absolute Gasteiger partial charge is 0.213 e. The molecule has 2 fully saturated rings. The van der Waals surface area contributed by atoms with Crippen LogP contribution in [0.5, 0.6) is 5.88 Å². The molecule has 2 bridgehead atoms. The third kappa shape index (κ3) is 1.76. The Balaban J connectivity index is 1.73. The Morgan fingerprint density at radius 2 is 2.09 bits per heavy atom. The van der Waals surface area contributed by atoms with Crippen molar-refractivity contribution in [3.8, 4) is 5.88 Å². The zero-order chi connectivity index (χ0) is 15.9. The van der Waals surface area contributed by atoms with Gasteiger partial charge in [-0.3, -0.25) is 4.57 Å². The number of fused-ring (bicyclic) bond motifs is 9. The number of nitrogen functional groups attached to an aromatic ring is 1. The van der Waals surface area contributed by atoms with Gasteiger partial charge in [0.25, 0.3) is 0 Å². The summed E-state index contributed by atoms with van der Waals surface area (Å²) in [5.74, 6) is 0.376. The van der Waals surface area contributed by atoms with Gasteiger partial charge in [0.05, 0.1) is 9.86 Å². The Morgan fingerprint density at radius 3 is 2.91 bits per heavy atom. The average molecular weight is 383 g/mol. The molecule has 23 heavy (non-hydrogen) atoms. The summed E-state index contributed by atoms with van der Waals surface area (Å²) in [6.45, 7) is 4.19. The molecule has 4 unspecified atom stereocenters. The molecule has 0 amide bonds. The number of hydrogen-bond donors (Lipinski definition) is 1. The fraction of sp³-hybridized carbons (Fsp3) is 0.571. The maximum Gasteiger partial charge on any atom is 0.213 e. The van der Waals surface area contributed by atoms with Crippen molar-refractivity contribution in [3.63, 3.8) is 0 Å². The van der Waals surface area contributed by atoms with Crippen LogP contribution in [0.3, 0.4) is 0 Å². The molecule has 2 N–H and O–H groups in total. The van der Waals surface area contributed by atoms with Crippen molar-refractivity contribution >= 4 is 32.8 Å². The Bertz CT molecular complexity index is 823. The van der Waals surface area contributed by atoms with E-state index in [1.165, 1.54) is 6.33 Å². The first kappa shape index (κ1) is 14.0. The van der Waals surface area contributed by atoms with Gasteiger partial charge in [-0.2, -0.15) is 0 Å². The SMILES string of the molecule is CC1(C)OC2C3COc4c(Br)c5c(N)ncnc5n4C(O3)C2O1. The van der Waals surface area contributed by atoms with Crippen molar-refractivity contribution in [2.24, 2.45) is 0 Å². The van der Waals surface area contributed by atoms with Crippen molar-refractivity contribution in [2.45, 2.75) is 44.2 Å². The van der Waals surface area contributed by atoms with Crippen LogP contribution in [0.25, 0.3) is 11.0 Å². The first-order chi connectivity index (χ1) is 11.0. The minimum atomic E-state index is -0.645. The zero-order valence-corrected chi connectivity index (χ0v) is 14.1. The van der Waals surface area contributed by atoms with Crippen LogP contribution in [0.1, 0.15) is 20.1 Å². The van der Waals surface area contributed by atoms with Crippen molar-refractivity contribution in [3.05, 3.63) is 10.8 Å². The maximum absolute atomic E-state index is 6.14. The average Bonchev–Trinajstić information content (AvgIpc) is 2.98. The van der Waals surface area contributed by atoms with E-state index < -0.39 is 5.79 Å². The number of hydrogen-bond acceptors (Lipinski definition) is 7. The van der Waals surface area contributed by atoms with Crippen molar-refractivity contribution in [2.75, 3.05) is 12.3 Å². The van der Waals surface area contributed by atoms with Gasteiger partial charge in [-0.1, -0.05) is 0 Å². The van der Waals surface area contributed by atoms with Gasteiger partial charge < -0.3 is 24.7 Å². The van der Waals surface area contributed by atoms with Gasteiger partial charge in [0.2, 0.25) is 5.88 Å². The highest BCUT2D eigenvalue weighted by atomic mass is 79.9. The van der Waals surface area contributed by atoms with E-state index in [1.807, 2.05) is 18.4 Å². The molecule has 0 spiro atoms. The number of nitrogens with zero attached hydrogens (tertiary/aromatic N) is 3. The summed E-state index contributed by atoms with van der Waals surface area (Å²) >= 11 is 3.56. The number of rotatable bonds is 0. The molecule has 4 atom stereocenters. The molecular formula is C14H15BrN4O4. The van der Waals surface area contributed by atoms with Crippen LogP contribution in [0.4, 0.5) is 5.82 Å². The van der Waals surface area contributed by atoms with Crippen molar-refractivity contribution < 1.29 is 18.9 Å². The Labute approximate surface area is 140 Å². The maximum atomic E-state index is 6.14. The highest BCUT2D eigenvalue weighted by Gasteiger charge is 2.58. The topological polar surface area (TPSA) is 93.7 Å². The molecule has 2 saturated heterocycles. The van der Waals surface area contributed by atoms with Gasteiger partial charge >= 0.3 is 0 Å². The summed E-state index contributed by atoms with van der Waals surface area (Å²) < 4.78 is 26.8. The molecule has 5 heterocycles. The summed E-state index contributed by atoms with van der Waals surface area (Å²) in [6, 6.07) is 0. The fourth-order valence-electron chi connectivity index (χ4n) is 3.62. The number of ether oxygens (including phenoxy) is 4. The van der Waals surface area contributed by atoms with Crippen LogP contribution in [-0.2, 0) is 14.2 Å². The molecule has 0 saturated carbocycles. The number of halogens is 1. The Morgan fingerprint density at radius 1 is 1.30 bits per heavy atom. The number of aromatic nitrogens is 3. The van der Waals surface area contributed by atoms with E-state index in [1.54, 1.807) is 0 Å². The molecule has 122 valence electrons. The van der Waals surface area contributed by atoms with Gasteiger partial charge in [0, 0.05) is 0 Å². The molecule has 2 aromatic rings. The fourth-order valence-corrected chi connectivity index (χ4v) is 4.31. The van der Waals surface area contributed by atoms with E-state index in [0.717, 1.165) is 4.47 Å². The molecule has 9 heteroatoms. The molecule has 2 aromatic heterocycles. The third-order valence-corrected chi connectivity index (χ3v) is 5.21. The van der Waals surface area contributed by atoms with Crippen LogP contribution in [0.15, 0.2) is 10.8 Å². The second-order valence-electron chi connectivity index (χ2n) is 6.39. The molecule has 3 aliphatic heterocycles. The lowest BCUT2D eigenvalue weighted by Gasteiger charge is -2.23. The molecule has 0 aromatic carbocycles. The van der Waals surface area contributed by atoms with Crippen LogP contribution < -0.4 is 10.5 Å². The van der Waals surface area contributed by atoms with Crippen LogP contribution in [0, 0.1) is 0 Å². The molecule has 5 rings (SSSR count). The highest BCUT2D eigenvalue weighted by molar-refractivity contribution is 9.10. The second kappa shape index (κ2) is 4.35. The summed E-state index contributed by atoms with van der Waals surface area (Å²) in [4.78, 5) is 8.43. The monoisotopic (exact) mass is 382 g/mol. The van der Waals surface area contributed by atoms with Gasteiger partial charge in [-0.25, -0.2) is 9.97 Å². The van der Waals surface area contributed by atoms with Crippen molar-refractivity contribution in [1.82, 2.24) is 14.5 Å². The summed E-state index contributed by atoms with van der Waals surface area (Å²) in [5, 5.41) is 0.714.